The van der Waals surface area contributed by atoms with Crippen molar-refractivity contribution in [1.29, 1.82) is 0 Å². The first-order valence-electron chi connectivity index (χ1n) is 7.83. The molecule has 26 heavy (non-hydrogen) atoms. The molecule has 0 unspecified atom stereocenters. The van der Waals surface area contributed by atoms with Gasteiger partial charge in [0.2, 0.25) is 0 Å². The van der Waals surface area contributed by atoms with E-state index >= 15 is 0 Å². The zero-order valence-corrected chi connectivity index (χ0v) is 14.7. The number of aryl methyl sites for hydroxylation is 1. The van der Waals surface area contributed by atoms with Crippen molar-refractivity contribution in [2.75, 3.05) is 18.1 Å². The largest absolute Gasteiger partial charge is 0.484 e. The van der Waals surface area contributed by atoms with Crippen LogP contribution in [0.2, 0.25) is 5.02 Å². The lowest BCUT2D eigenvalue weighted by Gasteiger charge is -2.29. The lowest BCUT2D eigenvalue weighted by Crippen LogP contribution is -2.40. The van der Waals surface area contributed by atoms with Crippen LogP contribution in [0.1, 0.15) is 17.8 Å². The SMILES string of the molecule is Cc1cnc(COc2cc3c(cc2Cl)N(CCC(=O)O)C(=O)CO3)nc1. The van der Waals surface area contributed by atoms with E-state index in [0.29, 0.717) is 23.0 Å². The third-order valence-corrected chi connectivity index (χ3v) is 3.99. The van der Waals surface area contributed by atoms with Crippen molar-refractivity contribution >= 4 is 29.2 Å². The topological polar surface area (TPSA) is 102 Å². The Balaban J connectivity index is 1.79. The standard InChI is InChI=1S/C17H16ClN3O5/c1-10-6-19-15(20-7-10)8-25-13-5-14-12(4-11(13)18)21(3-2-17(23)24)16(22)9-26-14/h4-7H,2-3,8-9H2,1H3,(H,23,24). The van der Waals surface area contributed by atoms with Gasteiger partial charge in [0, 0.05) is 25.0 Å². The first-order valence-corrected chi connectivity index (χ1v) is 8.20. The number of hydrogen-bond donors (Lipinski definition) is 1. The molecule has 0 saturated carbocycles. The summed E-state index contributed by atoms with van der Waals surface area (Å²) in [4.78, 5) is 32.5. The van der Waals surface area contributed by atoms with Crippen molar-refractivity contribution < 1.29 is 24.2 Å². The van der Waals surface area contributed by atoms with Gasteiger partial charge in [-0.05, 0) is 18.6 Å². The molecule has 0 radical (unpaired) electrons. The Bertz CT molecular complexity index is 841. The van der Waals surface area contributed by atoms with E-state index in [2.05, 4.69) is 9.97 Å². The van der Waals surface area contributed by atoms with Crippen molar-refractivity contribution in [2.45, 2.75) is 20.0 Å². The van der Waals surface area contributed by atoms with E-state index in [-0.39, 0.29) is 37.1 Å². The predicted molar refractivity (Wildman–Crippen MR) is 92.7 cm³/mol. The molecule has 8 nitrogen and oxygen atoms in total. The van der Waals surface area contributed by atoms with Crippen molar-refractivity contribution in [3.8, 4) is 11.5 Å². The summed E-state index contributed by atoms with van der Waals surface area (Å²) in [7, 11) is 0. The minimum absolute atomic E-state index is 0.0399. The van der Waals surface area contributed by atoms with Crippen LogP contribution < -0.4 is 14.4 Å². The van der Waals surface area contributed by atoms with Crippen molar-refractivity contribution in [1.82, 2.24) is 9.97 Å². The minimum Gasteiger partial charge on any atom is -0.484 e. The number of carbonyl (C=O) groups excluding carboxylic acids is 1. The molecule has 0 atom stereocenters. The average molecular weight is 378 g/mol. The van der Waals surface area contributed by atoms with E-state index in [1.54, 1.807) is 18.5 Å². The zero-order valence-electron chi connectivity index (χ0n) is 13.9. The normalized spacial score (nSPS) is 13.2. The van der Waals surface area contributed by atoms with Crippen LogP contribution in [-0.4, -0.2) is 40.1 Å². The number of benzene rings is 1. The maximum absolute atomic E-state index is 12.0. The first-order chi connectivity index (χ1) is 12.4. The van der Waals surface area contributed by atoms with E-state index < -0.39 is 5.97 Å². The van der Waals surface area contributed by atoms with Gasteiger partial charge in [0.15, 0.2) is 12.4 Å². The lowest BCUT2D eigenvalue weighted by atomic mass is 10.2. The van der Waals surface area contributed by atoms with Crippen molar-refractivity contribution in [3.63, 3.8) is 0 Å². The van der Waals surface area contributed by atoms with E-state index in [0.717, 1.165) is 5.56 Å². The molecule has 0 fully saturated rings. The number of rotatable bonds is 6. The molecule has 9 heteroatoms. The number of fused-ring (bicyclic) bond motifs is 1. The quantitative estimate of drug-likeness (QED) is 0.823. The van der Waals surface area contributed by atoms with Crippen LogP contribution in [0.25, 0.3) is 0 Å². The second kappa shape index (κ2) is 7.57. The Kier molecular flexibility index (Phi) is 5.22. The fourth-order valence-corrected chi connectivity index (χ4v) is 2.61. The Morgan fingerprint density at radius 3 is 2.81 bits per heavy atom. The van der Waals surface area contributed by atoms with Crippen molar-refractivity contribution in [3.05, 3.63) is 40.9 Å². The van der Waals surface area contributed by atoms with Gasteiger partial charge in [-0.2, -0.15) is 0 Å². The molecular weight excluding hydrogens is 362 g/mol. The average Bonchev–Trinajstić information content (AvgIpc) is 2.60. The number of ether oxygens (including phenoxy) is 2. The molecule has 2 aromatic rings. The lowest BCUT2D eigenvalue weighted by molar-refractivity contribution is -0.136. The third kappa shape index (κ3) is 4.02. The Morgan fingerprint density at radius 2 is 2.12 bits per heavy atom. The fourth-order valence-electron chi connectivity index (χ4n) is 2.40. The second-order valence-corrected chi connectivity index (χ2v) is 6.10. The molecule has 3 rings (SSSR count). The van der Waals surface area contributed by atoms with Crippen LogP contribution in [0.4, 0.5) is 5.69 Å². The zero-order chi connectivity index (χ0) is 18.7. The second-order valence-electron chi connectivity index (χ2n) is 5.69. The van der Waals surface area contributed by atoms with Gasteiger partial charge in [0.05, 0.1) is 17.1 Å². The van der Waals surface area contributed by atoms with Gasteiger partial charge in [-0.15, -0.1) is 0 Å². The Morgan fingerprint density at radius 1 is 1.38 bits per heavy atom. The van der Waals surface area contributed by atoms with Crippen molar-refractivity contribution in [2.24, 2.45) is 0 Å². The maximum atomic E-state index is 12.0. The molecule has 1 N–H and O–H groups in total. The summed E-state index contributed by atoms with van der Waals surface area (Å²) in [5.74, 6) is -0.0450. The summed E-state index contributed by atoms with van der Waals surface area (Å²) in [6.45, 7) is 1.88. The molecule has 136 valence electrons. The molecule has 0 saturated heterocycles. The highest BCUT2D eigenvalue weighted by molar-refractivity contribution is 6.32. The summed E-state index contributed by atoms with van der Waals surface area (Å²) in [5.41, 5.74) is 1.37. The summed E-state index contributed by atoms with van der Waals surface area (Å²) in [6.07, 6.45) is 3.20. The number of anilines is 1. The Labute approximate surface area is 154 Å². The molecule has 1 aromatic carbocycles. The van der Waals surface area contributed by atoms with Crippen LogP contribution in [0.15, 0.2) is 24.5 Å². The van der Waals surface area contributed by atoms with E-state index in [1.165, 1.54) is 11.0 Å². The molecule has 2 heterocycles. The van der Waals surface area contributed by atoms with Gasteiger partial charge in [-0.3, -0.25) is 9.59 Å². The molecule has 1 amide bonds. The molecule has 1 aliphatic rings. The highest BCUT2D eigenvalue weighted by atomic mass is 35.5. The summed E-state index contributed by atoms with van der Waals surface area (Å²) >= 11 is 6.25. The van der Waals surface area contributed by atoms with Crippen LogP contribution in [0.5, 0.6) is 11.5 Å². The van der Waals surface area contributed by atoms with Gasteiger partial charge in [0.25, 0.3) is 5.91 Å². The van der Waals surface area contributed by atoms with Crippen LogP contribution in [-0.2, 0) is 16.2 Å². The molecule has 1 aromatic heterocycles. The number of amides is 1. The minimum atomic E-state index is -0.991. The number of hydrogen-bond acceptors (Lipinski definition) is 6. The summed E-state index contributed by atoms with van der Waals surface area (Å²) in [5, 5.41) is 9.12. The van der Waals surface area contributed by atoms with Crippen LogP contribution in [0, 0.1) is 6.92 Å². The number of carboxylic acids is 1. The first kappa shape index (κ1) is 17.9. The summed E-state index contributed by atoms with van der Waals surface area (Å²) in [6, 6.07) is 3.10. The molecule has 0 spiro atoms. The van der Waals surface area contributed by atoms with Gasteiger partial charge in [-0.1, -0.05) is 11.6 Å². The molecule has 1 aliphatic heterocycles. The number of aliphatic carboxylic acids is 1. The predicted octanol–water partition coefficient (Wildman–Crippen LogP) is 2.22. The van der Waals surface area contributed by atoms with Gasteiger partial charge in [-0.25, -0.2) is 9.97 Å². The van der Waals surface area contributed by atoms with Crippen LogP contribution in [0.3, 0.4) is 0 Å². The fraction of sp³-hybridized carbons (Fsp3) is 0.294. The molecule has 0 aliphatic carbocycles. The number of carbonyl (C=O) groups is 2. The monoisotopic (exact) mass is 377 g/mol. The van der Waals surface area contributed by atoms with E-state index in [1.807, 2.05) is 6.92 Å². The van der Waals surface area contributed by atoms with E-state index in [9.17, 15) is 9.59 Å². The van der Waals surface area contributed by atoms with Crippen LogP contribution >= 0.6 is 11.6 Å². The molecular formula is C17H16ClN3O5. The number of halogens is 1. The third-order valence-electron chi connectivity index (χ3n) is 3.70. The smallest absolute Gasteiger partial charge is 0.305 e. The van der Waals surface area contributed by atoms with Gasteiger partial charge in [0.1, 0.15) is 18.1 Å². The number of nitrogens with zero attached hydrogens (tertiary/aromatic N) is 3. The molecule has 0 bridgehead atoms. The highest BCUT2D eigenvalue weighted by Crippen LogP contribution is 2.40. The Hall–Kier alpha value is -2.87. The van der Waals surface area contributed by atoms with Gasteiger partial charge < -0.3 is 19.5 Å². The summed E-state index contributed by atoms with van der Waals surface area (Å²) < 4.78 is 11.1. The number of carboxylic acid groups (broad SMARTS) is 1. The highest BCUT2D eigenvalue weighted by Gasteiger charge is 2.27. The number of aromatic nitrogens is 2. The maximum Gasteiger partial charge on any atom is 0.305 e. The van der Waals surface area contributed by atoms with E-state index in [4.69, 9.17) is 26.2 Å². The van der Waals surface area contributed by atoms with Gasteiger partial charge >= 0.3 is 5.97 Å².